The van der Waals surface area contributed by atoms with Crippen LogP contribution in [0.1, 0.15) is 13.3 Å². The molecule has 0 atom stereocenters. The fourth-order valence-corrected chi connectivity index (χ4v) is 0.431. The van der Waals surface area contributed by atoms with E-state index < -0.39 is 11.8 Å². The van der Waals surface area contributed by atoms with Gasteiger partial charge in [-0.3, -0.25) is 9.59 Å². The molecule has 0 spiro atoms. The average Bonchev–Trinajstić information content (AvgIpc) is 2.05. The number of hydrogen-bond donors (Lipinski definition) is 0. The molecule has 0 heterocycles. The van der Waals surface area contributed by atoms with Crippen LogP contribution in [-0.2, 0) is 19.2 Å². The molecule has 0 aliphatic rings. The van der Waals surface area contributed by atoms with E-state index in [1.807, 2.05) is 0 Å². The number of hydrogen-bond acceptors (Lipinski definition) is 5. The summed E-state index contributed by atoms with van der Waals surface area (Å²) in [6, 6.07) is 0. The zero-order chi connectivity index (χ0) is 9.40. The summed E-state index contributed by atoms with van der Waals surface area (Å²) in [5, 5.41) is 3.29. The third-order valence-electron chi connectivity index (χ3n) is 0.947. The van der Waals surface area contributed by atoms with E-state index in [1.165, 1.54) is 7.11 Å². The summed E-state index contributed by atoms with van der Waals surface area (Å²) in [5.41, 5.74) is 0. The molecule has 0 aromatic heterocycles. The van der Waals surface area contributed by atoms with E-state index in [1.54, 1.807) is 6.92 Å². The maximum atomic E-state index is 10.8. The molecule has 0 N–H and O–H groups in total. The minimum Gasteiger partial charge on any atom is -0.469 e. The van der Waals surface area contributed by atoms with Crippen molar-refractivity contribution in [3.8, 4) is 0 Å². The summed E-state index contributed by atoms with van der Waals surface area (Å²) in [5.74, 6) is -1.02. The Labute approximate surface area is 70.3 Å². The Morgan fingerprint density at radius 3 is 2.67 bits per heavy atom. The van der Waals surface area contributed by atoms with Crippen LogP contribution < -0.4 is 0 Å². The molecule has 5 heteroatoms. The molecular weight excluding hydrogens is 162 g/mol. The highest BCUT2D eigenvalue weighted by Gasteiger charge is 2.06. The van der Waals surface area contributed by atoms with Crippen molar-refractivity contribution >= 4 is 18.0 Å². The van der Waals surface area contributed by atoms with Crippen molar-refractivity contribution < 1.29 is 19.2 Å². The number of oxime groups is 1. The van der Waals surface area contributed by atoms with Gasteiger partial charge in [-0.2, -0.15) is 0 Å². The van der Waals surface area contributed by atoms with Gasteiger partial charge in [0.2, 0.25) is 0 Å². The van der Waals surface area contributed by atoms with Gasteiger partial charge in [0.1, 0.15) is 19.2 Å². The molecule has 0 aliphatic carbocycles. The van der Waals surface area contributed by atoms with Crippen molar-refractivity contribution in [2.24, 2.45) is 5.16 Å². The summed E-state index contributed by atoms with van der Waals surface area (Å²) in [4.78, 5) is 25.8. The maximum Gasteiger partial charge on any atom is 0.313 e. The number of ether oxygens (including phenoxy) is 1. The van der Waals surface area contributed by atoms with Crippen LogP contribution in [0, 0.1) is 0 Å². The van der Waals surface area contributed by atoms with Crippen molar-refractivity contribution in [2.45, 2.75) is 13.3 Å². The Morgan fingerprint density at radius 2 is 2.17 bits per heavy atom. The van der Waals surface area contributed by atoms with Gasteiger partial charge in [-0.25, -0.2) is 0 Å². The summed E-state index contributed by atoms with van der Waals surface area (Å²) in [6.07, 6.45) is 0.660. The van der Waals surface area contributed by atoms with Gasteiger partial charge >= 0.3 is 5.97 Å². The van der Waals surface area contributed by atoms with Crippen LogP contribution >= 0.6 is 0 Å². The first-order valence-corrected chi connectivity index (χ1v) is 3.45. The van der Waals surface area contributed by atoms with Gasteiger partial charge < -0.3 is 9.57 Å². The number of Topliss-reactive ketones (excluding diaryl/α,β-unsaturated/α-hetero) is 1. The van der Waals surface area contributed by atoms with Crippen molar-refractivity contribution in [3.05, 3.63) is 0 Å². The van der Waals surface area contributed by atoms with Gasteiger partial charge in [-0.05, 0) is 6.92 Å². The zero-order valence-electron chi connectivity index (χ0n) is 7.07. The topological polar surface area (TPSA) is 65.0 Å². The molecule has 0 aromatic carbocycles. The Morgan fingerprint density at radius 1 is 1.50 bits per heavy atom. The Balaban J connectivity index is 3.66. The van der Waals surface area contributed by atoms with Crippen molar-refractivity contribution in [2.75, 3.05) is 13.7 Å². The van der Waals surface area contributed by atoms with Crippen LogP contribution in [0.5, 0.6) is 0 Å². The lowest BCUT2D eigenvalue weighted by Gasteiger charge is -1.93. The van der Waals surface area contributed by atoms with Gasteiger partial charge in [-0.15, -0.1) is 0 Å². The van der Waals surface area contributed by atoms with Gasteiger partial charge in [0, 0.05) is 0 Å². The SMILES string of the molecule is CCON=CC(=O)CC(=O)OC. The number of methoxy groups -OCH3 is 1. The predicted octanol–water partition coefficient (Wildman–Crippen LogP) is 0.141. The smallest absolute Gasteiger partial charge is 0.313 e. The van der Waals surface area contributed by atoms with E-state index in [-0.39, 0.29) is 6.42 Å². The van der Waals surface area contributed by atoms with Crippen molar-refractivity contribution in [3.63, 3.8) is 0 Å². The third kappa shape index (κ3) is 5.40. The van der Waals surface area contributed by atoms with Crippen LogP contribution in [-0.4, -0.2) is 31.7 Å². The van der Waals surface area contributed by atoms with Crippen LogP contribution in [0.4, 0.5) is 0 Å². The van der Waals surface area contributed by atoms with Crippen molar-refractivity contribution in [1.82, 2.24) is 0 Å². The largest absolute Gasteiger partial charge is 0.469 e. The third-order valence-corrected chi connectivity index (χ3v) is 0.947. The van der Waals surface area contributed by atoms with Crippen LogP contribution in [0.15, 0.2) is 5.16 Å². The zero-order valence-corrected chi connectivity index (χ0v) is 7.07. The molecule has 0 saturated heterocycles. The van der Waals surface area contributed by atoms with Gasteiger partial charge in [0.15, 0.2) is 5.78 Å². The normalized spacial score (nSPS) is 9.83. The Kier molecular flexibility index (Phi) is 5.60. The number of esters is 1. The average molecular weight is 173 g/mol. The van der Waals surface area contributed by atoms with E-state index in [0.717, 1.165) is 6.21 Å². The molecule has 0 rings (SSSR count). The summed E-state index contributed by atoms with van der Waals surface area (Å²) < 4.78 is 4.26. The van der Waals surface area contributed by atoms with Gasteiger partial charge in [0.05, 0.1) is 7.11 Å². The molecule has 5 nitrogen and oxygen atoms in total. The van der Waals surface area contributed by atoms with Crippen LogP contribution in [0.25, 0.3) is 0 Å². The summed E-state index contributed by atoms with van der Waals surface area (Å²) in [7, 11) is 1.22. The molecule has 0 amide bonds. The minimum atomic E-state index is -0.581. The van der Waals surface area contributed by atoms with Gasteiger partial charge in [0.25, 0.3) is 0 Å². The molecule has 0 unspecified atom stereocenters. The van der Waals surface area contributed by atoms with Crippen molar-refractivity contribution in [1.29, 1.82) is 0 Å². The molecule has 12 heavy (non-hydrogen) atoms. The predicted molar refractivity (Wildman–Crippen MR) is 41.8 cm³/mol. The number of rotatable bonds is 5. The first-order chi connectivity index (χ1) is 5.70. The molecule has 0 aromatic rings. The highest BCUT2D eigenvalue weighted by molar-refractivity contribution is 6.31. The molecular formula is C7H11NO4. The van der Waals surface area contributed by atoms with E-state index in [2.05, 4.69) is 14.7 Å². The summed E-state index contributed by atoms with van der Waals surface area (Å²) in [6.45, 7) is 2.13. The Bertz CT molecular complexity index is 188. The highest BCUT2D eigenvalue weighted by atomic mass is 16.6. The van der Waals surface area contributed by atoms with E-state index in [4.69, 9.17) is 0 Å². The van der Waals surface area contributed by atoms with Crippen LogP contribution in [0.2, 0.25) is 0 Å². The highest BCUT2D eigenvalue weighted by Crippen LogP contribution is 1.84. The lowest BCUT2D eigenvalue weighted by molar-refractivity contribution is -0.142. The molecule has 0 aliphatic heterocycles. The fraction of sp³-hybridized carbons (Fsp3) is 0.571. The first kappa shape index (κ1) is 10.6. The van der Waals surface area contributed by atoms with E-state index in [9.17, 15) is 9.59 Å². The number of nitrogens with zero attached hydrogens (tertiary/aromatic N) is 1. The van der Waals surface area contributed by atoms with E-state index >= 15 is 0 Å². The number of carbonyl (C=O) groups excluding carboxylic acids is 2. The molecule has 0 saturated carbocycles. The standard InChI is InChI=1S/C7H11NO4/c1-3-12-8-5-6(9)4-7(10)11-2/h5H,3-4H2,1-2H3. The second-order valence-electron chi connectivity index (χ2n) is 1.87. The molecule has 0 radical (unpaired) electrons. The second-order valence-corrected chi connectivity index (χ2v) is 1.87. The monoisotopic (exact) mass is 173 g/mol. The fourth-order valence-electron chi connectivity index (χ4n) is 0.431. The van der Waals surface area contributed by atoms with Gasteiger partial charge in [-0.1, -0.05) is 5.16 Å². The molecule has 0 bridgehead atoms. The lowest BCUT2D eigenvalue weighted by atomic mass is 10.3. The summed E-state index contributed by atoms with van der Waals surface area (Å²) >= 11 is 0. The first-order valence-electron chi connectivity index (χ1n) is 3.45. The Hall–Kier alpha value is -1.39. The quantitative estimate of drug-likeness (QED) is 0.257. The number of ketones is 1. The minimum absolute atomic E-state index is 0.299. The second kappa shape index (κ2) is 6.33. The lowest BCUT2D eigenvalue weighted by Crippen LogP contribution is -2.10. The maximum absolute atomic E-state index is 10.8. The molecule has 0 fully saturated rings. The van der Waals surface area contributed by atoms with E-state index in [0.29, 0.717) is 6.61 Å². The molecule has 68 valence electrons. The number of carbonyl (C=O) groups is 2. The van der Waals surface area contributed by atoms with Crippen LogP contribution in [0.3, 0.4) is 0 Å².